The predicted molar refractivity (Wildman–Crippen MR) is 160 cm³/mol. The normalized spacial score (nSPS) is 19.3. The van der Waals surface area contributed by atoms with Gasteiger partial charge in [0.15, 0.2) is 0 Å². The maximum Gasteiger partial charge on any atom is 0.416 e. The third-order valence-electron chi connectivity index (χ3n) is 8.23. The molecule has 3 aromatic heterocycles. The van der Waals surface area contributed by atoms with Crippen molar-refractivity contribution in [1.82, 2.24) is 24.3 Å². The smallest absolute Gasteiger partial charge is 0.416 e. The van der Waals surface area contributed by atoms with Crippen molar-refractivity contribution in [2.75, 3.05) is 44.5 Å². The van der Waals surface area contributed by atoms with E-state index in [1.54, 1.807) is 22.9 Å². The van der Waals surface area contributed by atoms with E-state index in [0.29, 0.717) is 55.3 Å². The number of fused-ring (bicyclic) bond motifs is 1. The summed E-state index contributed by atoms with van der Waals surface area (Å²) in [7, 11) is 1.42. The number of nitrogen functional groups attached to an aromatic ring is 1. The zero-order valence-corrected chi connectivity index (χ0v) is 25.1. The summed E-state index contributed by atoms with van der Waals surface area (Å²) in [5, 5.41) is 2.40. The van der Waals surface area contributed by atoms with Gasteiger partial charge in [-0.2, -0.15) is 13.2 Å². The molecule has 0 spiro atoms. The SMILES string of the molecule is COc1cc(C(=O)Nc2cc(C(F)(F)F)ccn2)ccc1-c1nc([C@H]2CN(C(=O)C3CCOCC3)[C@@H](C)CO2)n2ccnc(N)c12. The summed E-state index contributed by atoms with van der Waals surface area (Å²) in [6, 6.07) is 6.00. The summed E-state index contributed by atoms with van der Waals surface area (Å²) in [4.78, 5) is 41.3. The standard InChI is InChI=1S/C31H32F3N7O5/c1-17-16-46-23(15-41(17)30(43)18-6-11-45-12-7-18)28-39-25(26-27(35)37-9-10-40(26)28)21-4-3-19(13-22(21)44-2)29(42)38-24-14-20(5-8-36-24)31(32,33)34/h3-5,8-10,13-14,17-18,23H,6-7,11-12,15-16H2,1-2H3,(H2,35,37)(H,36,38,42)/t17-,23+/m0/s1. The maximum atomic E-state index is 13.5. The number of morpholine rings is 1. The van der Waals surface area contributed by atoms with E-state index in [2.05, 4.69) is 15.3 Å². The van der Waals surface area contributed by atoms with Crippen LogP contribution in [-0.4, -0.2) is 75.6 Å². The number of benzene rings is 1. The zero-order valence-electron chi connectivity index (χ0n) is 25.1. The number of pyridine rings is 1. The fourth-order valence-corrected chi connectivity index (χ4v) is 5.79. The van der Waals surface area contributed by atoms with Crippen LogP contribution in [0, 0.1) is 5.92 Å². The molecule has 5 heterocycles. The van der Waals surface area contributed by atoms with Crippen LogP contribution in [0.2, 0.25) is 0 Å². The lowest BCUT2D eigenvalue weighted by Crippen LogP contribution is -2.51. The summed E-state index contributed by atoms with van der Waals surface area (Å²) < 4.78 is 58.5. The highest BCUT2D eigenvalue weighted by Crippen LogP contribution is 2.38. The van der Waals surface area contributed by atoms with Crippen LogP contribution >= 0.6 is 0 Å². The van der Waals surface area contributed by atoms with Gasteiger partial charge < -0.3 is 30.2 Å². The molecule has 0 saturated carbocycles. The number of nitrogens with one attached hydrogen (secondary N) is 1. The molecular formula is C31H32F3N7O5. The molecule has 2 saturated heterocycles. The number of carbonyl (C=O) groups excluding carboxylic acids is 2. The van der Waals surface area contributed by atoms with Gasteiger partial charge in [0.2, 0.25) is 5.91 Å². The van der Waals surface area contributed by atoms with E-state index in [9.17, 15) is 22.8 Å². The quantitative estimate of drug-likeness (QED) is 0.314. The lowest BCUT2D eigenvalue weighted by molar-refractivity contribution is -0.152. The van der Waals surface area contributed by atoms with Gasteiger partial charge in [0.05, 0.1) is 31.9 Å². The second-order valence-electron chi connectivity index (χ2n) is 11.2. The van der Waals surface area contributed by atoms with Crippen molar-refractivity contribution in [1.29, 1.82) is 0 Å². The number of amides is 2. The van der Waals surface area contributed by atoms with E-state index in [1.807, 2.05) is 11.8 Å². The molecule has 12 nitrogen and oxygen atoms in total. The Morgan fingerprint density at radius 3 is 2.63 bits per heavy atom. The third-order valence-corrected chi connectivity index (χ3v) is 8.23. The van der Waals surface area contributed by atoms with Crippen LogP contribution in [-0.2, 0) is 20.4 Å². The number of hydrogen-bond acceptors (Lipinski definition) is 9. The summed E-state index contributed by atoms with van der Waals surface area (Å²) >= 11 is 0. The molecule has 2 amide bonds. The Morgan fingerprint density at radius 1 is 1.11 bits per heavy atom. The highest BCUT2D eigenvalue weighted by Gasteiger charge is 2.37. The van der Waals surface area contributed by atoms with Crippen LogP contribution < -0.4 is 15.8 Å². The number of carbonyl (C=O) groups is 2. The molecule has 3 N–H and O–H groups in total. The molecule has 2 aliphatic heterocycles. The molecule has 2 aliphatic rings. The lowest BCUT2D eigenvalue weighted by Gasteiger charge is -2.40. The summed E-state index contributed by atoms with van der Waals surface area (Å²) in [5.74, 6) is -0.0157. The number of ether oxygens (including phenoxy) is 3. The number of aromatic nitrogens is 4. The number of methoxy groups -OCH3 is 1. The van der Waals surface area contributed by atoms with Gasteiger partial charge in [-0.3, -0.25) is 14.0 Å². The predicted octanol–water partition coefficient (Wildman–Crippen LogP) is 4.37. The number of rotatable bonds is 6. The number of halogens is 3. The molecule has 6 rings (SSSR count). The van der Waals surface area contributed by atoms with Gasteiger partial charge >= 0.3 is 6.18 Å². The Hall–Kier alpha value is -4.76. The van der Waals surface area contributed by atoms with Crippen molar-refractivity contribution in [3.63, 3.8) is 0 Å². The first kappa shape index (κ1) is 31.2. The molecule has 0 bridgehead atoms. The number of nitrogens with zero attached hydrogens (tertiary/aromatic N) is 5. The number of nitrogens with two attached hydrogens (primary N) is 1. The fourth-order valence-electron chi connectivity index (χ4n) is 5.79. The Balaban J connectivity index is 1.31. The number of anilines is 2. The third kappa shape index (κ3) is 6.07. The van der Waals surface area contributed by atoms with Gasteiger partial charge in [0.1, 0.15) is 40.5 Å². The van der Waals surface area contributed by atoms with E-state index in [0.717, 1.165) is 18.3 Å². The lowest BCUT2D eigenvalue weighted by atomic mass is 9.97. The minimum absolute atomic E-state index is 0.0715. The van der Waals surface area contributed by atoms with Gasteiger partial charge in [0, 0.05) is 48.8 Å². The van der Waals surface area contributed by atoms with Crippen molar-refractivity contribution in [3.05, 3.63) is 65.9 Å². The first-order valence-electron chi connectivity index (χ1n) is 14.7. The molecule has 242 valence electrons. The van der Waals surface area contributed by atoms with Crippen molar-refractivity contribution >= 4 is 29.0 Å². The minimum Gasteiger partial charge on any atom is -0.496 e. The number of hydrogen-bond donors (Lipinski definition) is 2. The van der Waals surface area contributed by atoms with E-state index in [-0.39, 0.29) is 47.4 Å². The number of alkyl halides is 3. The highest BCUT2D eigenvalue weighted by molar-refractivity contribution is 6.04. The second-order valence-corrected chi connectivity index (χ2v) is 11.2. The average molecular weight is 640 g/mol. The molecule has 2 atom stereocenters. The van der Waals surface area contributed by atoms with Crippen LogP contribution in [0.15, 0.2) is 48.9 Å². The minimum atomic E-state index is -4.59. The van der Waals surface area contributed by atoms with Gasteiger partial charge in [-0.1, -0.05) is 0 Å². The van der Waals surface area contributed by atoms with Crippen molar-refractivity contribution < 1.29 is 37.0 Å². The van der Waals surface area contributed by atoms with Crippen molar-refractivity contribution in [3.8, 4) is 17.0 Å². The van der Waals surface area contributed by atoms with Crippen LogP contribution in [0.1, 0.15) is 47.6 Å². The Morgan fingerprint density at radius 2 is 1.89 bits per heavy atom. The largest absolute Gasteiger partial charge is 0.496 e. The molecule has 0 radical (unpaired) electrons. The van der Waals surface area contributed by atoms with Crippen LogP contribution in [0.25, 0.3) is 16.8 Å². The number of imidazole rings is 1. The summed E-state index contributed by atoms with van der Waals surface area (Å²) in [6.45, 7) is 3.68. The molecule has 0 unspecified atom stereocenters. The van der Waals surface area contributed by atoms with Crippen molar-refractivity contribution in [2.24, 2.45) is 5.92 Å². The summed E-state index contributed by atoms with van der Waals surface area (Å²) in [5.41, 5.74) is 6.90. The maximum absolute atomic E-state index is 13.5. The monoisotopic (exact) mass is 639 g/mol. The molecule has 2 fully saturated rings. The molecule has 4 aromatic rings. The van der Waals surface area contributed by atoms with Gasteiger partial charge in [-0.25, -0.2) is 15.0 Å². The van der Waals surface area contributed by atoms with E-state index < -0.39 is 23.8 Å². The molecule has 15 heteroatoms. The van der Waals surface area contributed by atoms with E-state index >= 15 is 0 Å². The van der Waals surface area contributed by atoms with Crippen LogP contribution in [0.4, 0.5) is 24.8 Å². The molecule has 46 heavy (non-hydrogen) atoms. The van der Waals surface area contributed by atoms with Crippen LogP contribution in [0.5, 0.6) is 5.75 Å². The van der Waals surface area contributed by atoms with E-state index in [4.69, 9.17) is 24.9 Å². The van der Waals surface area contributed by atoms with Gasteiger partial charge in [-0.15, -0.1) is 0 Å². The summed E-state index contributed by atoms with van der Waals surface area (Å²) in [6.07, 6.45) is 0.417. The topological polar surface area (TPSA) is 146 Å². The Bertz CT molecular complexity index is 1770. The fraction of sp³-hybridized carbons (Fsp3) is 0.387. The zero-order chi connectivity index (χ0) is 32.6. The molecule has 1 aromatic carbocycles. The average Bonchev–Trinajstić information content (AvgIpc) is 3.45. The Labute approximate surface area is 261 Å². The first-order chi connectivity index (χ1) is 22.0. The molecular weight excluding hydrogens is 607 g/mol. The first-order valence-corrected chi connectivity index (χ1v) is 14.7. The van der Waals surface area contributed by atoms with E-state index in [1.165, 1.54) is 19.2 Å². The van der Waals surface area contributed by atoms with Gasteiger partial charge in [-0.05, 0) is 50.1 Å². The highest BCUT2D eigenvalue weighted by atomic mass is 19.4. The molecule has 0 aliphatic carbocycles. The van der Waals surface area contributed by atoms with Crippen molar-refractivity contribution in [2.45, 2.75) is 38.1 Å². The van der Waals surface area contributed by atoms with Crippen LogP contribution in [0.3, 0.4) is 0 Å². The van der Waals surface area contributed by atoms with Gasteiger partial charge in [0.25, 0.3) is 5.91 Å². The Kier molecular flexibility index (Phi) is 8.53. The second kappa shape index (κ2) is 12.6.